The summed E-state index contributed by atoms with van der Waals surface area (Å²) in [6.07, 6.45) is 4.39. The number of aryl methyl sites for hydroxylation is 3. The maximum absolute atomic E-state index is 4.83. The van der Waals surface area contributed by atoms with E-state index in [4.69, 9.17) is 9.97 Å². The Balaban J connectivity index is 1.44. The number of nitrogens with one attached hydrogen (secondary N) is 1. The third-order valence-electron chi connectivity index (χ3n) is 5.66. The van der Waals surface area contributed by atoms with Crippen LogP contribution >= 0.6 is 11.3 Å². The molecule has 0 fully saturated rings. The van der Waals surface area contributed by atoms with Gasteiger partial charge in [-0.05, 0) is 50.6 Å². The number of thiazole rings is 1. The average Bonchev–Trinajstić information content (AvgIpc) is 3.34. The van der Waals surface area contributed by atoms with E-state index in [0.29, 0.717) is 0 Å². The van der Waals surface area contributed by atoms with Crippen molar-refractivity contribution in [1.82, 2.24) is 19.9 Å². The van der Waals surface area contributed by atoms with E-state index in [-0.39, 0.29) is 0 Å². The molecule has 0 radical (unpaired) electrons. The van der Waals surface area contributed by atoms with Gasteiger partial charge in [-0.2, -0.15) is 0 Å². The summed E-state index contributed by atoms with van der Waals surface area (Å²) in [5, 5.41) is 6.60. The van der Waals surface area contributed by atoms with Crippen molar-refractivity contribution in [2.24, 2.45) is 0 Å². The standard InChI is InChI=1S/C28H25N5S/c1-18-9-11-21(12-10-18)14-25-19(2)30-20(3)31-27(25)32-24-8-4-6-22(15-24)26-17-34-28(33-26)23-7-5-13-29-16-23/h4-13,15-17H,14H2,1-3H3,(H,30,31,32). The van der Waals surface area contributed by atoms with E-state index in [9.17, 15) is 0 Å². The van der Waals surface area contributed by atoms with Crippen molar-refractivity contribution in [1.29, 1.82) is 0 Å². The summed E-state index contributed by atoms with van der Waals surface area (Å²) >= 11 is 1.62. The number of hydrogen-bond donors (Lipinski definition) is 1. The summed E-state index contributed by atoms with van der Waals surface area (Å²) in [5.41, 5.74) is 8.59. The molecule has 3 heterocycles. The van der Waals surface area contributed by atoms with Gasteiger partial charge in [0, 0.05) is 52.3 Å². The molecule has 5 aromatic rings. The van der Waals surface area contributed by atoms with Crippen LogP contribution < -0.4 is 5.32 Å². The number of anilines is 2. The maximum Gasteiger partial charge on any atom is 0.137 e. The first-order valence-corrected chi connectivity index (χ1v) is 12.1. The van der Waals surface area contributed by atoms with Crippen LogP contribution in [0.3, 0.4) is 0 Å². The summed E-state index contributed by atoms with van der Waals surface area (Å²) < 4.78 is 0. The molecule has 5 nitrogen and oxygen atoms in total. The number of rotatable bonds is 6. The molecule has 0 aliphatic carbocycles. The Kier molecular flexibility index (Phi) is 6.14. The van der Waals surface area contributed by atoms with Crippen molar-refractivity contribution in [3.05, 3.63) is 107 Å². The quantitative estimate of drug-likeness (QED) is 0.296. The van der Waals surface area contributed by atoms with E-state index in [0.717, 1.165) is 56.8 Å². The lowest BCUT2D eigenvalue weighted by atomic mass is 10.0. The maximum atomic E-state index is 4.83. The fourth-order valence-corrected chi connectivity index (χ4v) is 4.70. The second-order valence-electron chi connectivity index (χ2n) is 8.33. The molecule has 5 rings (SSSR count). The van der Waals surface area contributed by atoms with Crippen LogP contribution in [-0.2, 0) is 6.42 Å². The van der Waals surface area contributed by atoms with E-state index < -0.39 is 0 Å². The lowest BCUT2D eigenvalue weighted by Crippen LogP contribution is -2.06. The highest BCUT2D eigenvalue weighted by Gasteiger charge is 2.13. The Bertz CT molecular complexity index is 1430. The molecule has 1 N–H and O–H groups in total. The molecule has 6 heteroatoms. The van der Waals surface area contributed by atoms with Crippen LogP contribution in [0.25, 0.3) is 21.8 Å². The van der Waals surface area contributed by atoms with E-state index in [1.165, 1.54) is 11.1 Å². The Morgan fingerprint density at radius 3 is 2.47 bits per heavy atom. The number of nitrogens with zero attached hydrogens (tertiary/aromatic N) is 4. The largest absolute Gasteiger partial charge is 0.340 e. The van der Waals surface area contributed by atoms with Crippen molar-refractivity contribution in [3.8, 4) is 21.8 Å². The SMILES string of the molecule is Cc1ccc(Cc2c(C)nc(C)nc2Nc2cccc(-c3csc(-c4cccnc4)n3)c2)cc1. The zero-order chi connectivity index (χ0) is 23.5. The summed E-state index contributed by atoms with van der Waals surface area (Å²) in [7, 11) is 0. The van der Waals surface area contributed by atoms with Crippen LogP contribution in [0.15, 0.2) is 78.4 Å². The highest BCUT2D eigenvalue weighted by atomic mass is 32.1. The normalized spacial score (nSPS) is 10.9. The van der Waals surface area contributed by atoms with Crippen LogP contribution in [0.5, 0.6) is 0 Å². The van der Waals surface area contributed by atoms with Gasteiger partial charge in [0.05, 0.1) is 5.69 Å². The highest BCUT2D eigenvalue weighted by Crippen LogP contribution is 2.31. The zero-order valence-electron chi connectivity index (χ0n) is 19.4. The molecule has 2 aromatic carbocycles. The van der Waals surface area contributed by atoms with Gasteiger partial charge >= 0.3 is 0 Å². The van der Waals surface area contributed by atoms with Gasteiger partial charge in [0.2, 0.25) is 0 Å². The van der Waals surface area contributed by atoms with E-state index in [1.807, 2.05) is 31.3 Å². The van der Waals surface area contributed by atoms with Crippen molar-refractivity contribution in [3.63, 3.8) is 0 Å². The fourth-order valence-electron chi connectivity index (χ4n) is 3.88. The van der Waals surface area contributed by atoms with E-state index in [2.05, 4.69) is 77.0 Å². The van der Waals surface area contributed by atoms with Gasteiger partial charge in [0.1, 0.15) is 16.6 Å². The van der Waals surface area contributed by atoms with Crippen LogP contribution in [0, 0.1) is 20.8 Å². The molecular weight excluding hydrogens is 438 g/mol. The average molecular weight is 464 g/mol. The van der Waals surface area contributed by atoms with Crippen LogP contribution in [0.2, 0.25) is 0 Å². The van der Waals surface area contributed by atoms with Gasteiger partial charge in [-0.25, -0.2) is 15.0 Å². The molecular formula is C28H25N5S. The van der Waals surface area contributed by atoms with Crippen molar-refractivity contribution in [2.45, 2.75) is 27.2 Å². The van der Waals surface area contributed by atoms with E-state index in [1.54, 1.807) is 17.5 Å². The van der Waals surface area contributed by atoms with Gasteiger partial charge < -0.3 is 5.32 Å². The Hall–Kier alpha value is -3.90. The molecule has 0 spiro atoms. The third-order valence-corrected chi connectivity index (χ3v) is 6.55. The number of pyridine rings is 1. The first-order chi connectivity index (χ1) is 16.5. The fraction of sp³-hybridized carbons (Fsp3) is 0.143. The first-order valence-electron chi connectivity index (χ1n) is 11.2. The summed E-state index contributed by atoms with van der Waals surface area (Å²) in [6.45, 7) is 6.08. The molecule has 0 aliphatic heterocycles. The molecule has 0 amide bonds. The predicted molar refractivity (Wildman–Crippen MR) is 140 cm³/mol. The summed E-state index contributed by atoms with van der Waals surface area (Å²) in [4.78, 5) is 18.4. The predicted octanol–water partition coefficient (Wildman–Crippen LogP) is 6.92. The topological polar surface area (TPSA) is 63.6 Å². The summed E-state index contributed by atoms with van der Waals surface area (Å²) in [6, 6.07) is 20.9. The third kappa shape index (κ3) is 4.87. The first kappa shape index (κ1) is 21.9. The molecule has 0 bridgehead atoms. The number of aromatic nitrogens is 4. The molecule has 0 aliphatic rings. The monoisotopic (exact) mass is 463 g/mol. The van der Waals surface area contributed by atoms with E-state index >= 15 is 0 Å². The van der Waals surface area contributed by atoms with Gasteiger partial charge in [-0.15, -0.1) is 11.3 Å². The van der Waals surface area contributed by atoms with Gasteiger partial charge in [0.25, 0.3) is 0 Å². The molecule has 168 valence electrons. The number of benzene rings is 2. The summed E-state index contributed by atoms with van der Waals surface area (Å²) in [5.74, 6) is 1.60. The van der Waals surface area contributed by atoms with Crippen molar-refractivity contribution >= 4 is 22.8 Å². The number of hydrogen-bond acceptors (Lipinski definition) is 6. The second kappa shape index (κ2) is 9.53. The van der Waals surface area contributed by atoms with Crippen molar-refractivity contribution in [2.75, 3.05) is 5.32 Å². The lowest BCUT2D eigenvalue weighted by Gasteiger charge is -2.15. The molecule has 0 unspecified atom stereocenters. The molecule has 34 heavy (non-hydrogen) atoms. The lowest BCUT2D eigenvalue weighted by molar-refractivity contribution is 0.965. The second-order valence-corrected chi connectivity index (χ2v) is 9.19. The van der Waals surface area contributed by atoms with Gasteiger partial charge in [0.15, 0.2) is 0 Å². The minimum atomic E-state index is 0.754. The van der Waals surface area contributed by atoms with Crippen molar-refractivity contribution < 1.29 is 0 Å². The van der Waals surface area contributed by atoms with Gasteiger partial charge in [-0.3, -0.25) is 4.98 Å². The Morgan fingerprint density at radius 2 is 1.68 bits per heavy atom. The Morgan fingerprint density at radius 1 is 0.853 bits per heavy atom. The zero-order valence-corrected chi connectivity index (χ0v) is 20.2. The molecule has 3 aromatic heterocycles. The molecule has 0 atom stereocenters. The highest BCUT2D eigenvalue weighted by molar-refractivity contribution is 7.13. The molecule has 0 saturated heterocycles. The minimum absolute atomic E-state index is 0.754. The van der Waals surface area contributed by atoms with Gasteiger partial charge in [-0.1, -0.05) is 42.0 Å². The Labute approximate surface area is 203 Å². The van der Waals surface area contributed by atoms with Crippen LogP contribution in [-0.4, -0.2) is 19.9 Å². The molecule has 0 saturated carbocycles. The smallest absolute Gasteiger partial charge is 0.137 e. The van der Waals surface area contributed by atoms with Crippen LogP contribution in [0.4, 0.5) is 11.5 Å². The minimum Gasteiger partial charge on any atom is -0.340 e. The van der Waals surface area contributed by atoms with Crippen LogP contribution in [0.1, 0.15) is 28.2 Å².